The van der Waals surface area contributed by atoms with Crippen molar-refractivity contribution < 1.29 is 14.3 Å². The van der Waals surface area contributed by atoms with E-state index in [-0.39, 0.29) is 24.3 Å². The van der Waals surface area contributed by atoms with Crippen LogP contribution in [0.5, 0.6) is 0 Å². The smallest absolute Gasteiger partial charge is 0.306 e. The van der Waals surface area contributed by atoms with Crippen molar-refractivity contribution in [3.8, 4) is 0 Å². The van der Waals surface area contributed by atoms with Gasteiger partial charge in [0.05, 0.1) is 0 Å². The Morgan fingerprint density at radius 1 is 1.38 bits per heavy atom. The van der Waals surface area contributed by atoms with Crippen molar-refractivity contribution in [1.82, 2.24) is 0 Å². The second kappa shape index (κ2) is 8.08. The van der Waals surface area contributed by atoms with Gasteiger partial charge in [-0.15, -0.1) is 0 Å². The van der Waals surface area contributed by atoms with Crippen molar-refractivity contribution in [2.75, 3.05) is 6.61 Å². The molecule has 0 N–H and O–H groups in total. The number of carbonyl (C=O) groups is 2. The Kier molecular flexibility index (Phi) is 7.52. The van der Waals surface area contributed by atoms with Crippen LogP contribution in [0.2, 0.25) is 0 Å². The van der Waals surface area contributed by atoms with Gasteiger partial charge in [-0.3, -0.25) is 9.59 Å². The molecule has 0 bridgehead atoms. The maximum atomic E-state index is 11.3. The van der Waals surface area contributed by atoms with Crippen LogP contribution in [0.3, 0.4) is 0 Å². The Bertz CT molecular complexity index is 244. The molecule has 0 saturated carbocycles. The van der Waals surface area contributed by atoms with E-state index < -0.39 is 0 Å². The first kappa shape index (κ1) is 14.9. The molecule has 0 spiro atoms. The van der Waals surface area contributed by atoms with E-state index in [0.717, 1.165) is 6.42 Å². The average molecular weight is 226 g/mol. The highest BCUT2D eigenvalue weighted by Gasteiger charge is 2.18. The van der Waals surface area contributed by atoms with Gasteiger partial charge in [0.25, 0.3) is 0 Å². The zero-order valence-corrected chi connectivity index (χ0v) is 10.5. The monoisotopic (exact) mass is 226 g/mol. The number of ketones is 1. The van der Waals surface area contributed by atoms with Crippen LogP contribution < -0.4 is 0 Å². The maximum absolute atomic E-state index is 11.3. The molecule has 1 atom stereocenters. The highest BCUT2D eigenvalue weighted by Crippen LogP contribution is 2.19. The predicted octanol–water partition coefficient (Wildman–Crippen LogP) is 2.75. The molecule has 0 fully saturated rings. The van der Waals surface area contributed by atoms with Gasteiger partial charge in [-0.1, -0.05) is 26.5 Å². The predicted molar refractivity (Wildman–Crippen MR) is 64.0 cm³/mol. The van der Waals surface area contributed by atoms with E-state index in [9.17, 15) is 9.59 Å². The third-order valence-corrected chi connectivity index (χ3v) is 2.59. The second-order valence-electron chi connectivity index (χ2n) is 4.33. The number of ether oxygens (including phenoxy) is 1. The van der Waals surface area contributed by atoms with E-state index in [0.29, 0.717) is 18.8 Å². The number of rotatable bonds is 8. The molecule has 1 unspecified atom stereocenters. The Labute approximate surface area is 97.9 Å². The second-order valence-corrected chi connectivity index (χ2v) is 4.33. The molecular weight excluding hydrogens is 204 g/mol. The molecule has 16 heavy (non-hydrogen) atoms. The number of hydrogen-bond donors (Lipinski definition) is 0. The molecule has 0 amide bonds. The van der Waals surface area contributed by atoms with Crippen molar-refractivity contribution >= 4 is 11.8 Å². The van der Waals surface area contributed by atoms with Crippen LogP contribution in [-0.2, 0) is 14.3 Å². The largest absolute Gasteiger partial charge is 0.461 e. The summed E-state index contributed by atoms with van der Waals surface area (Å²) >= 11 is 0. The molecule has 0 aromatic carbocycles. The number of hydrogen-bond acceptors (Lipinski definition) is 3. The van der Waals surface area contributed by atoms with Gasteiger partial charge in [-0.05, 0) is 25.7 Å². The van der Waals surface area contributed by atoms with Gasteiger partial charge in [-0.25, -0.2) is 0 Å². The van der Waals surface area contributed by atoms with Gasteiger partial charge in [0, 0.05) is 12.3 Å². The van der Waals surface area contributed by atoms with Crippen LogP contribution in [-0.4, -0.2) is 18.4 Å². The molecule has 92 valence electrons. The van der Waals surface area contributed by atoms with Crippen LogP contribution in [0.1, 0.15) is 40.0 Å². The van der Waals surface area contributed by atoms with Gasteiger partial charge in [-0.2, -0.15) is 0 Å². The molecule has 3 heteroatoms. The lowest BCUT2D eigenvalue weighted by Crippen LogP contribution is -2.18. The van der Waals surface area contributed by atoms with Crippen LogP contribution >= 0.6 is 0 Å². The molecule has 0 radical (unpaired) electrons. The summed E-state index contributed by atoms with van der Waals surface area (Å²) in [5.41, 5.74) is 0. The first-order valence-electron chi connectivity index (χ1n) is 5.76. The normalized spacial score (nSPS) is 12.2. The van der Waals surface area contributed by atoms with Crippen molar-refractivity contribution in [2.45, 2.75) is 40.0 Å². The Balaban J connectivity index is 3.82. The molecule has 0 aliphatic heterocycles. The van der Waals surface area contributed by atoms with E-state index in [4.69, 9.17) is 4.74 Å². The fraction of sp³-hybridized carbons (Fsp3) is 0.692. The fourth-order valence-corrected chi connectivity index (χ4v) is 1.70. The van der Waals surface area contributed by atoms with E-state index in [1.54, 1.807) is 13.0 Å². The molecule has 0 aliphatic rings. The van der Waals surface area contributed by atoms with E-state index in [2.05, 4.69) is 6.58 Å². The lowest BCUT2D eigenvalue weighted by molar-refractivity contribution is -0.142. The Morgan fingerprint density at radius 2 is 2.00 bits per heavy atom. The molecular formula is C13H22O3. The lowest BCUT2D eigenvalue weighted by Gasteiger charge is -2.17. The average Bonchev–Trinajstić information content (AvgIpc) is 2.20. The summed E-state index contributed by atoms with van der Waals surface area (Å²) in [5.74, 6) is 0.384. The van der Waals surface area contributed by atoms with Crippen LogP contribution in [0.4, 0.5) is 0 Å². The Morgan fingerprint density at radius 3 is 2.44 bits per heavy atom. The van der Waals surface area contributed by atoms with Crippen molar-refractivity contribution in [1.29, 1.82) is 0 Å². The van der Waals surface area contributed by atoms with Gasteiger partial charge in [0.1, 0.15) is 12.4 Å². The quantitative estimate of drug-likeness (QED) is 0.472. The standard InChI is InChI=1S/C13H22O3/c1-5-9-16-13(15)8-6-7-12(10(2)3)11(4)14/h5,10,12H,1,6-9H2,2-4H3. The SMILES string of the molecule is C=CCOC(=O)CCCC(C(C)=O)C(C)C. The maximum Gasteiger partial charge on any atom is 0.306 e. The summed E-state index contributed by atoms with van der Waals surface area (Å²) in [4.78, 5) is 22.5. The van der Waals surface area contributed by atoms with E-state index in [1.165, 1.54) is 0 Å². The first-order valence-corrected chi connectivity index (χ1v) is 5.76. The third kappa shape index (κ3) is 6.38. The van der Waals surface area contributed by atoms with Gasteiger partial charge >= 0.3 is 5.97 Å². The molecule has 0 rings (SSSR count). The number of Topliss-reactive ketones (excluding diaryl/α,β-unsaturated/α-hetero) is 1. The van der Waals surface area contributed by atoms with Gasteiger partial charge in [0.15, 0.2) is 0 Å². The summed E-state index contributed by atoms with van der Waals surface area (Å²) < 4.78 is 4.85. The minimum absolute atomic E-state index is 0.0622. The van der Waals surface area contributed by atoms with Crippen LogP contribution in [0, 0.1) is 11.8 Å². The number of carbonyl (C=O) groups excluding carboxylic acids is 2. The summed E-state index contributed by atoms with van der Waals surface area (Å²) in [6, 6.07) is 0. The topological polar surface area (TPSA) is 43.4 Å². The van der Waals surface area contributed by atoms with Crippen molar-refractivity contribution in [3.63, 3.8) is 0 Å². The summed E-state index contributed by atoms with van der Waals surface area (Å²) in [5, 5.41) is 0. The lowest BCUT2D eigenvalue weighted by atomic mass is 9.87. The minimum atomic E-state index is -0.217. The summed E-state index contributed by atoms with van der Waals surface area (Å²) in [7, 11) is 0. The molecule has 0 saturated heterocycles. The van der Waals surface area contributed by atoms with E-state index in [1.807, 2.05) is 13.8 Å². The third-order valence-electron chi connectivity index (χ3n) is 2.59. The molecule has 3 nitrogen and oxygen atoms in total. The fourth-order valence-electron chi connectivity index (χ4n) is 1.70. The number of esters is 1. The first-order chi connectivity index (χ1) is 7.49. The molecule has 0 aromatic heterocycles. The highest BCUT2D eigenvalue weighted by atomic mass is 16.5. The highest BCUT2D eigenvalue weighted by molar-refractivity contribution is 5.78. The Hall–Kier alpha value is -1.12. The van der Waals surface area contributed by atoms with Gasteiger partial charge in [0.2, 0.25) is 0 Å². The molecule has 0 aliphatic carbocycles. The van der Waals surface area contributed by atoms with Crippen molar-refractivity contribution in [2.24, 2.45) is 11.8 Å². The van der Waals surface area contributed by atoms with Gasteiger partial charge < -0.3 is 4.74 Å². The zero-order valence-electron chi connectivity index (χ0n) is 10.5. The van der Waals surface area contributed by atoms with Crippen molar-refractivity contribution in [3.05, 3.63) is 12.7 Å². The molecule has 0 aromatic rings. The molecule has 0 heterocycles. The summed E-state index contributed by atoms with van der Waals surface area (Å²) in [6.45, 7) is 9.40. The van der Waals surface area contributed by atoms with Crippen LogP contribution in [0.25, 0.3) is 0 Å². The van der Waals surface area contributed by atoms with E-state index >= 15 is 0 Å². The zero-order chi connectivity index (χ0) is 12.6. The summed E-state index contributed by atoms with van der Waals surface area (Å²) in [6.07, 6.45) is 3.39. The van der Waals surface area contributed by atoms with Crippen LogP contribution in [0.15, 0.2) is 12.7 Å². The minimum Gasteiger partial charge on any atom is -0.461 e.